The Morgan fingerprint density at radius 2 is 0.354 bits per heavy atom. The van der Waals surface area contributed by atoms with Crippen molar-refractivity contribution in [3.63, 3.8) is 0 Å². The second kappa shape index (κ2) is 39.9. The molecular formula is C116H162O10S. The van der Waals surface area contributed by atoms with Crippen LogP contribution in [0.3, 0.4) is 0 Å². The predicted octanol–water partition coefficient (Wildman–Crippen LogP) is 30.6. The van der Waals surface area contributed by atoms with Gasteiger partial charge in [-0.05, 0) is 281 Å². The summed E-state index contributed by atoms with van der Waals surface area (Å²) in [6, 6.07) is 41.2. The molecule has 0 bridgehead atoms. The Hall–Kier alpha value is -9.45. The number of phenols is 10. The number of hydrogen-bond donors (Lipinski definition) is 10. The number of hydrogen-bond acceptors (Lipinski definition) is 11. The zero-order chi connectivity index (χ0) is 97.2. The third kappa shape index (κ3) is 27.8. The molecule has 10 N–H and O–H groups in total. The normalized spacial score (nSPS) is 12.5. The summed E-state index contributed by atoms with van der Waals surface area (Å²) >= 11 is 1.43. The Morgan fingerprint density at radius 1 is 0.181 bits per heavy atom. The van der Waals surface area contributed by atoms with Gasteiger partial charge in [0.1, 0.15) is 57.5 Å². The van der Waals surface area contributed by atoms with Gasteiger partial charge in [0, 0.05) is 24.0 Å². The monoisotopic (exact) mass is 1750 g/mol. The Bertz CT molecular complexity index is 4980. The first-order chi connectivity index (χ1) is 57.6. The standard InChI is InChI=1S/C29H44O2.C25H36O2.C23H32O2.C22H30O2S.C17H20O2/c1-26(2,3)20-14-18(15-21(24(20)30)27(4,5)6)13-19-16-22(28(7,8)9)25(31)23(17-19)29(10,11)12;1-9-16-11-18(22(26)20(13-16)24(3,4)5)15-19-12-17(10-2)14-21(23(19)27)25(6,7)8;1-14-9-16(20(24)18(11-14)22(3,4)5)13-17-10-15(2)12-19(21(17)25)23(6,7)8;1-13-9-15(21(3,4)5)19(23)17(11-13)25-18-12-14(2)10-16(20(18)24)22(6,7)8;1-10-5-14(6-11(2)16(10)18)9-15-7-12(3)17(19)13(4)8-15/h14-17,30-31H,13H2,1-12H3;11-14,26-27H,9-10,15H2,1-8H3;9-12,24-25H,13H2,1-8H3;9-12,23-24H,1-8H3;5-8,18-19H,9H2,1-4H3. The molecule has 10 rings (SSSR count). The van der Waals surface area contributed by atoms with Gasteiger partial charge in [0.05, 0.1) is 9.79 Å². The van der Waals surface area contributed by atoms with Crippen molar-refractivity contribution in [1.82, 2.24) is 0 Å². The molecule has 10 nitrogen and oxygen atoms in total. The van der Waals surface area contributed by atoms with Crippen LogP contribution in [0, 0.1) is 55.4 Å². The van der Waals surface area contributed by atoms with Crippen molar-refractivity contribution >= 4 is 11.8 Å². The predicted molar refractivity (Wildman–Crippen MR) is 540 cm³/mol. The van der Waals surface area contributed by atoms with E-state index < -0.39 is 0 Å². The van der Waals surface area contributed by atoms with Crippen LogP contribution >= 0.6 is 11.8 Å². The minimum atomic E-state index is -0.151. The average Bonchev–Trinajstić information content (AvgIpc) is 0.668. The van der Waals surface area contributed by atoms with E-state index in [1.165, 1.54) is 45.1 Å². The minimum absolute atomic E-state index is 0.129. The maximum atomic E-state index is 11.1. The van der Waals surface area contributed by atoms with Crippen LogP contribution in [0.4, 0.5) is 0 Å². The number of aromatic hydroxyl groups is 10. The first kappa shape index (κ1) is 106. The zero-order valence-electron chi connectivity index (χ0n) is 85.7. The fourth-order valence-corrected chi connectivity index (χ4v) is 17.6. The molecular weight excluding hydrogens is 1590 g/mol. The van der Waals surface area contributed by atoms with Crippen molar-refractivity contribution in [1.29, 1.82) is 0 Å². The van der Waals surface area contributed by atoms with Crippen LogP contribution in [0.2, 0.25) is 0 Å². The van der Waals surface area contributed by atoms with E-state index in [4.69, 9.17) is 0 Å². The van der Waals surface area contributed by atoms with E-state index in [1.807, 2.05) is 102 Å². The molecule has 0 atom stereocenters. The lowest BCUT2D eigenvalue weighted by atomic mass is 9.76. The highest BCUT2D eigenvalue weighted by atomic mass is 32.2. The summed E-state index contributed by atoms with van der Waals surface area (Å²) in [7, 11) is 0. The lowest BCUT2D eigenvalue weighted by molar-refractivity contribution is 0.422. The molecule has 0 aliphatic heterocycles. The van der Waals surface area contributed by atoms with Crippen molar-refractivity contribution in [3.8, 4) is 57.5 Å². The van der Waals surface area contributed by atoms with E-state index in [-0.39, 0.29) is 54.1 Å². The lowest BCUT2D eigenvalue weighted by Gasteiger charge is -2.29. The number of benzene rings is 10. The maximum absolute atomic E-state index is 11.1. The fourth-order valence-electron chi connectivity index (χ4n) is 16.4. The summed E-state index contributed by atoms with van der Waals surface area (Å²) < 4.78 is 0. The molecule has 0 amide bonds. The average molecular weight is 1750 g/mol. The van der Waals surface area contributed by atoms with Gasteiger partial charge >= 0.3 is 0 Å². The quantitative estimate of drug-likeness (QED) is 0.0558. The van der Waals surface area contributed by atoms with Crippen LogP contribution in [-0.4, -0.2) is 51.1 Å². The van der Waals surface area contributed by atoms with Crippen molar-refractivity contribution in [2.45, 2.75) is 379 Å². The molecule has 0 heterocycles. The van der Waals surface area contributed by atoms with E-state index in [1.54, 1.807) is 0 Å². The van der Waals surface area contributed by atoms with Crippen LogP contribution in [-0.2, 0) is 92.7 Å². The van der Waals surface area contributed by atoms with Crippen LogP contribution in [0.15, 0.2) is 131 Å². The third-order valence-corrected chi connectivity index (χ3v) is 24.8. The third-order valence-electron chi connectivity index (χ3n) is 23.7. The molecule has 0 fully saturated rings. The molecule has 0 saturated heterocycles. The van der Waals surface area contributed by atoms with E-state index in [0.29, 0.717) is 70.3 Å². The highest BCUT2D eigenvalue weighted by Crippen LogP contribution is 2.50. The van der Waals surface area contributed by atoms with Crippen LogP contribution in [0.25, 0.3) is 0 Å². The van der Waals surface area contributed by atoms with Gasteiger partial charge < -0.3 is 51.1 Å². The van der Waals surface area contributed by atoms with Crippen LogP contribution < -0.4 is 0 Å². The van der Waals surface area contributed by atoms with Gasteiger partial charge in [0.25, 0.3) is 0 Å². The molecule has 692 valence electrons. The molecule has 0 saturated carbocycles. The number of aryl methyl sites for hydroxylation is 10. The Morgan fingerprint density at radius 3 is 0.567 bits per heavy atom. The summed E-state index contributed by atoms with van der Waals surface area (Å²) in [5.41, 5.74) is 27.0. The number of phenolic OH excluding ortho intramolecular Hbond substituents is 10. The molecule has 0 aromatic heterocycles. The van der Waals surface area contributed by atoms with Gasteiger partial charge in [0.2, 0.25) is 0 Å². The summed E-state index contributed by atoms with van der Waals surface area (Å²) in [6.45, 7) is 83.8. The van der Waals surface area contributed by atoms with Crippen LogP contribution in [0.5, 0.6) is 57.5 Å². The largest absolute Gasteiger partial charge is 0.507 e. The molecule has 0 spiro atoms. The first-order valence-corrected chi connectivity index (χ1v) is 46.5. The summed E-state index contributed by atoms with van der Waals surface area (Å²) in [6.07, 6.45) is 4.47. The van der Waals surface area contributed by atoms with Gasteiger partial charge in [-0.2, -0.15) is 0 Å². The maximum Gasteiger partial charge on any atom is 0.133 e. The summed E-state index contributed by atoms with van der Waals surface area (Å²) in [4.78, 5) is 1.57. The smallest absolute Gasteiger partial charge is 0.133 e. The Kier molecular flexibility index (Phi) is 33.4. The van der Waals surface area contributed by atoms with Gasteiger partial charge in [-0.15, -0.1) is 0 Å². The van der Waals surface area contributed by atoms with Crippen molar-refractivity contribution in [2.24, 2.45) is 0 Å². The summed E-state index contributed by atoms with van der Waals surface area (Å²) in [5, 5.41) is 107. The SMILES string of the molecule is CC(C)(C)c1cc(Cc2cc(C(C)(C)C)c(O)c(C(C)(C)C)c2)cc(C(C)(C)C)c1O.CCc1cc(Cc2cc(CC)cc(C(C)(C)C)c2O)c(O)c(C(C)(C)C)c1.Cc1cc(Cc2cc(C)c(O)c(C)c2)cc(C)c1O.Cc1cc(Cc2cc(C)cc(C(C)(C)C)c2O)c(O)c(C(C)(C)C)c1.Cc1cc(Sc2cc(C)cc(C(C)(C)C)c2O)c(O)c(C(C)(C)C)c1. The van der Waals surface area contributed by atoms with Crippen LogP contribution in [0.1, 0.15) is 377 Å². The van der Waals surface area contributed by atoms with Crippen molar-refractivity contribution in [2.75, 3.05) is 0 Å². The van der Waals surface area contributed by atoms with E-state index in [9.17, 15) is 51.1 Å². The molecule has 0 aliphatic rings. The van der Waals surface area contributed by atoms with Gasteiger partial charge in [-0.25, -0.2) is 0 Å². The van der Waals surface area contributed by atoms with E-state index >= 15 is 0 Å². The zero-order valence-corrected chi connectivity index (χ0v) is 86.5. The second-order valence-electron chi connectivity index (χ2n) is 46.5. The molecule has 10 aromatic carbocycles. The molecule has 127 heavy (non-hydrogen) atoms. The first-order valence-electron chi connectivity index (χ1n) is 45.6. The van der Waals surface area contributed by atoms with E-state index in [0.717, 1.165) is 158 Å². The highest BCUT2D eigenvalue weighted by molar-refractivity contribution is 7.99. The molecule has 11 heteroatoms. The van der Waals surface area contributed by atoms with Gasteiger partial charge in [-0.3, -0.25) is 0 Å². The fraction of sp³-hybridized carbons (Fsp3) is 0.483. The van der Waals surface area contributed by atoms with Gasteiger partial charge in [-0.1, -0.05) is 354 Å². The van der Waals surface area contributed by atoms with Crippen molar-refractivity contribution < 1.29 is 51.1 Å². The molecule has 0 radical (unpaired) electrons. The molecule has 10 aromatic rings. The Labute approximate surface area is 771 Å². The molecule has 0 aliphatic carbocycles. The van der Waals surface area contributed by atoms with E-state index in [2.05, 4.69) is 296 Å². The second-order valence-corrected chi connectivity index (χ2v) is 47.6. The Balaban J connectivity index is 0.000000247. The molecule has 0 unspecified atom stereocenters. The van der Waals surface area contributed by atoms with Gasteiger partial charge in [0.15, 0.2) is 0 Å². The lowest BCUT2D eigenvalue weighted by Crippen LogP contribution is -2.19. The minimum Gasteiger partial charge on any atom is -0.507 e. The summed E-state index contributed by atoms with van der Waals surface area (Å²) in [5.74, 6) is 3.61. The van der Waals surface area contributed by atoms with Crippen molar-refractivity contribution in [3.05, 3.63) is 277 Å². The topological polar surface area (TPSA) is 202 Å². The number of rotatable bonds is 12. The highest BCUT2D eigenvalue weighted by Gasteiger charge is 2.33.